The highest BCUT2D eigenvalue weighted by Gasteiger charge is 2.44. The highest BCUT2D eigenvalue weighted by atomic mass is 19.4. The standard InChI is InChI=1S/C21H21F4N3/c22-18-7-2-1-4-15(18)10-27-20-12-26-19(11-28-20)16-8-13-5-3-6-14(13)9-17(16)21(23,24)25/h1-2,4,7,11-14H,3,5-6,8-10H2,(H,27,28). The first kappa shape index (κ1) is 18.9. The van der Waals surface area contributed by atoms with Crippen molar-refractivity contribution in [2.75, 3.05) is 5.32 Å². The summed E-state index contributed by atoms with van der Waals surface area (Å²) in [5.74, 6) is 0.514. The lowest BCUT2D eigenvalue weighted by atomic mass is 9.76. The normalized spacial score (nSPS) is 22.3. The molecule has 0 bridgehead atoms. The van der Waals surface area contributed by atoms with Crippen LogP contribution in [-0.2, 0) is 6.54 Å². The minimum atomic E-state index is -4.34. The summed E-state index contributed by atoms with van der Waals surface area (Å²) in [5.41, 5.74) is 0.602. The van der Waals surface area contributed by atoms with Gasteiger partial charge in [0, 0.05) is 17.7 Å². The molecule has 0 aliphatic heterocycles. The molecule has 1 aromatic carbocycles. The van der Waals surface area contributed by atoms with Crippen molar-refractivity contribution in [3.8, 4) is 0 Å². The van der Waals surface area contributed by atoms with E-state index in [1.807, 2.05) is 0 Å². The van der Waals surface area contributed by atoms with Crippen LogP contribution in [0.4, 0.5) is 23.4 Å². The van der Waals surface area contributed by atoms with Crippen LogP contribution < -0.4 is 5.32 Å². The van der Waals surface area contributed by atoms with E-state index in [0.717, 1.165) is 19.3 Å². The maximum absolute atomic E-state index is 13.7. The van der Waals surface area contributed by atoms with E-state index in [9.17, 15) is 17.6 Å². The topological polar surface area (TPSA) is 37.8 Å². The lowest BCUT2D eigenvalue weighted by Gasteiger charge is -2.31. The fraction of sp³-hybridized carbons (Fsp3) is 0.429. The number of nitrogens with zero attached hydrogens (tertiary/aromatic N) is 2. The van der Waals surface area contributed by atoms with Gasteiger partial charge in [-0.25, -0.2) is 9.37 Å². The second kappa shape index (κ2) is 7.53. The van der Waals surface area contributed by atoms with Gasteiger partial charge >= 0.3 is 6.18 Å². The van der Waals surface area contributed by atoms with Crippen molar-refractivity contribution in [3.05, 3.63) is 59.3 Å². The first-order valence-electron chi connectivity index (χ1n) is 9.50. The van der Waals surface area contributed by atoms with Gasteiger partial charge in [-0.15, -0.1) is 0 Å². The van der Waals surface area contributed by atoms with Crippen LogP contribution >= 0.6 is 0 Å². The largest absolute Gasteiger partial charge is 0.413 e. The molecule has 7 heteroatoms. The van der Waals surface area contributed by atoms with Crippen molar-refractivity contribution in [2.24, 2.45) is 11.8 Å². The SMILES string of the molecule is Fc1ccccc1CNc1cnc(C2=C(C(F)(F)F)CC3CCCC3C2)cn1. The number of nitrogens with one attached hydrogen (secondary N) is 1. The second-order valence-corrected chi connectivity index (χ2v) is 7.55. The summed E-state index contributed by atoms with van der Waals surface area (Å²) in [6, 6.07) is 6.37. The van der Waals surface area contributed by atoms with E-state index in [1.54, 1.807) is 18.2 Å². The molecular formula is C21H21F4N3. The van der Waals surface area contributed by atoms with Crippen LogP contribution in [0.1, 0.15) is 43.4 Å². The molecule has 1 aromatic heterocycles. The maximum atomic E-state index is 13.7. The van der Waals surface area contributed by atoms with Crippen molar-refractivity contribution >= 4 is 11.4 Å². The third kappa shape index (κ3) is 3.88. The molecule has 1 fully saturated rings. The third-order valence-corrected chi connectivity index (χ3v) is 5.83. The van der Waals surface area contributed by atoms with Crippen LogP contribution in [0.5, 0.6) is 0 Å². The lowest BCUT2D eigenvalue weighted by molar-refractivity contribution is -0.0962. The highest BCUT2D eigenvalue weighted by Crippen LogP contribution is 2.50. The van der Waals surface area contributed by atoms with Crippen molar-refractivity contribution in [3.63, 3.8) is 0 Å². The van der Waals surface area contributed by atoms with Crippen LogP contribution in [0.3, 0.4) is 0 Å². The Hall–Kier alpha value is -2.44. The predicted octanol–water partition coefficient (Wildman–Crippen LogP) is 5.75. The lowest BCUT2D eigenvalue weighted by Crippen LogP contribution is -2.25. The van der Waals surface area contributed by atoms with E-state index >= 15 is 0 Å². The molecule has 1 saturated carbocycles. The molecule has 1 heterocycles. The number of anilines is 1. The molecule has 2 aliphatic carbocycles. The highest BCUT2D eigenvalue weighted by molar-refractivity contribution is 5.68. The van der Waals surface area contributed by atoms with Gasteiger partial charge in [0.2, 0.25) is 0 Å². The van der Waals surface area contributed by atoms with Gasteiger partial charge in [0.15, 0.2) is 0 Å². The first-order valence-corrected chi connectivity index (χ1v) is 9.50. The number of alkyl halides is 3. The Morgan fingerprint density at radius 3 is 2.43 bits per heavy atom. The molecule has 2 unspecified atom stereocenters. The summed E-state index contributed by atoms with van der Waals surface area (Å²) in [6.07, 6.45) is 1.81. The van der Waals surface area contributed by atoms with E-state index in [2.05, 4.69) is 15.3 Å². The smallest absolute Gasteiger partial charge is 0.365 e. The van der Waals surface area contributed by atoms with Crippen molar-refractivity contribution < 1.29 is 17.6 Å². The van der Waals surface area contributed by atoms with Gasteiger partial charge in [0.1, 0.15) is 11.6 Å². The molecule has 28 heavy (non-hydrogen) atoms. The minimum Gasteiger partial charge on any atom is -0.365 e. The quantitative estimate of drug-likeness (QED) is 0.674. The monoisotopic (exact) mass is 391 g/mol. The summed E-state index contributed by atoms with van der Waals surface area (Å²) in [6.45, 7) is 0.223. The molecule has 148 valence electrons. The fourth-order valence-electron chi connectivity index (χ4n) is 4.37. The van der Waals surface area contributed by atoms with Gasteiger partial charge in [0.25, 0.3) is 0 Å². The Morgan fingerprint density at radius 1 is 1.00 bits per heavy atom. The Kier molecular flexibility index (Phi) is 5.08. The molecule has 0 spiro atoms. The van der Waals surface area contributed by atoms with E-state index in [4.69, 9.17) is 0 Å². The number of hydrogen-bond donors (Lipinski definition) is 1. The molecule has 4 rings (SSSR count). The van der Waals surface area contributed by atoms with Crippen molar-refractivity contribution in [2.45, 2.75) is 44.8 Å². The van der Waals surface area contributed by atoms with E-state index in [-0.39, 0.29) is 36.0 Å². The summed E-state index contributed by atoms with van der Waals surface area (Å²) in [5, 5.41) is 2.96. The molecule has 2 aliphatic rings. The van der Waals surface area contributed by atoms with E-state index < -0.39 is 11.7 Å². The number of benzene rings is 1. The summed E-state index contributed by atoms with van der Waals surface area (Å²) >= 11 is 0. The zero-order valence-corrected chi connectivity index (χ0v) is 15.3. The van der Waals surface area contributed by atoms with Gasteiger partial charge < -0.3 is 5.32 Å². The molecule has 3 nitrogen and oxygen atoms in total. The number of rotatable bonds is 4. The zero-order chi connectivity index (χ0) is 19.7. The average molecular weight is 391 g/mol. The summed E-state index contributed by atoms with van der Waals surface area (Å²) in [7, 11) is 0. The Bertz CT molecular complexity index is 874. The zero-order valence-electron chi connectivity index (χ0n) is 15.3. The number of aromatic nitrogens is 2. The van der Waals surface area contributed by atoms with Gasteiger partial charge in [-0.3, -0.25) is 4.98 Å². The molecule has 2 atom stereocenters. The number of hydrogen-bond acceptors (Lipinski definition) is 3. The Balaban J connectivity index is 1.54. The fourth-order valence-corrected chi connectivity index (χ4v) is 4.37. The third-order valence-electron chi connectivity index (χ3n) is 5.83. The average Bonchev–Trinajstić information content (AvgIpc) is 3.14. The van der Waals surface area contributed by atoms with E-state index in [1.165, 1.54) is 18.5 Å². The van der Waals surface area contributed by atoms with Crippen molar-refractivity contribution in [1.29, 1.82) is 0 Å². The second-order valence-electron chi connectivity index (χ2n) is 7.55. The first-order chi connectivity index (χ1) is 13.4. The summed E-state index contributed by atoms with van der Waals surface area (Å²) in [4.78, 5) is 8.44. The maximum Gasteiger partial charge on any atom is 0.413 e. The molecule has 1 N–H and O–H groups in total. The van der Waals surface area contributed by atoms with E-state index in [0.29, 0.717) is 23.7 Å². The van der Waals surface area contributed by atoms with Crippen LogP contribution in [0.25, 0.3) is 5.57 Å². The van der Waals surface area contributed by atoms with Crippen LogP contribution in [0.15, 0.2) is 42.2 Å². The minimum absolute atomic E-state index is 0.0818. The van der Waals surface area contributed by atoms with Crippen LogP contribution in [0, 0.1) is 17.7 Å². The van der Waals surface area contributed by atoms with Gasteiger partial charge in [-0.1, -0.05) is 24.6 Å². The number of halogens is 4. The molecule has 0 radical (unpaired) electrons. The number of allylic oxidation sites excluding steroid dienone is 2. The molecule has 2 aromatic rings. The molecule has 0 saturated heterocycles. The van der Waals surface area contributed by atoms with Gasteiger partial charge in [0.05, 0.1) is 18.1 Å². The number of fused-ring (bicyclic) bond motifs is 1. The molecular weight excluding hydrogens is 370 g/mol. The predicted molar refractivity (Wildman–Crippen MR) is 98.8 cm³/mol. The molecule has 0 amide bonds. The van der Waals surface area contributed by atoms with Crippen LogP contribution in [-0.4, -0.2) is 16.1 Å². The Labute approximate surface area is 160 Å². The van der Waals surface area contributed by atoms with Gasteiger partial charge in [-0.2, -0.15) is 13.2 Å². The van der Waals surface area contributed by atoms with Crippen LogP contribution in [0.2, 0.25) is 0 Å². The Morgan fingerprint density at radius 2 is 1.75 bits per heavy atom. The van der Waals surface area contributed by atoms with Gasteiger partial charge in [-0.05, 0) is 49.2 Å². The summed E-state index contributed by atoms with van der Waals surface area (Å²) < 4.78 is 54.5. The van der Waals surface area contributed by atoms with Crippen molar-refractivity contribution in [1.82, 2.24) is 9.97 Å².